The summed E-state index contributed by atoms with van der Waals surface area (Å²) in [6, 6.07) is 4.68. The third-order valence-electron chi connectivity index (χ3n) is 2.72. The number of aromatic nitrogens is 2. The molecule has 9 nitrogen and oxygen atoms in total. The van der Waals surface area contributed by atoms with Gasteiger partial charge in [-0.15, -0.1) is 0 Å². The molecule has 0 saturated heterocycles. The number of carbonyl (C=O) groups is 2. The molecule has 108 valence electrons. The molecule has 1 amide bonds. The van der Waals surface area contributed by atoms with E-state index in [1.165, 1.54) is 19.3 Å². The molecule has 2 N–H and O–H groups in total. The number of nitrogens with one attached hydrogen (secondary N) is 1. The zero-order valence-electron chi connectivity index (χ0n) is 10.8. The Morgan fingerprint density at radius 2 is 2.10 bits per heavy atom. The molecule has 0 atom stereocenters. The fourth-order valence-electron chi connectivity index (χ4n) is 1.71. The van der Waals surface area contributed by atoms with Gasteiger partial charge in [0.1, 0.15) is 0 Å². The van der Waals surface area contributed by atoms with E-state index in [0.29, 0.717) is 0 Å². The van der Waals surface area contributed by atoms with E-state index in [1.807, 2.05) is 0 Å². The van der Waals surface area contributed by atoms with Gasteiger partial charge >= 0.3 is 5.97 Å². The average molecular weight is 290 g/mol. The molecule has 0 fully saturated rings. The fraction of sp³-hybridized carbons (Fsp3) is 0.0833. The standard InChI is InChI=1S/C12H10N4O5/c1-13-11(17)9-4-5-15(14-9)10-6-7(16(20)21)2-3-8(10)12(18)19/h2-6H,1H3,(H,13,17)(H,18,19). The van der Waals surface area contributed by atoms with E-state index in [0.717, 1.165) is 22.9 Å². The molecule has 9 heteroatoms. The molecule has 1 heterocycles. The Labute approximate surface area is 118 Å². The molecule has 0 bridgehead atoms. The van der Waals surface area contributed by atoms with Crippen molar-refractivity contribution in [1.29, 1.82) is 0 Å². The molecule has 0 aliphatic heterocycles. The summed E-state index contributed by atoms with van der Waals surface area (Å²) in [5.41, 5.74) is -0.355. The lowest BCUT2D eigenvalue weighted by Crippen LogP contribution is -2.18. The fourth-order valence-corrected chi connectivity index (χ4v) is 1.71. The molecule has 0 spiro atoms. The van der Waals surface area contributed by atoms with Crippen LogP contribution in [0.2, 0.25) is 0 Å². The Morgan fingerprint density at radius 3 is 2.67 bits per heavy atom. The highest BCUT2D eigenvalue weighted by Crippen LogP contribution is 2.21. The minimum Gasteiger partial charge on any atom is -0.478 e. The molecular weight excluding hydrogens is 280 g/mol. The van der Waals surface area contributed by atoms with Gasteiger partial charge in [-0.25, -0.2) is 9.48 Å². The van der Waals surface area contributed by atoms with Crippen molar-refractivity contribution in [2.24, 2.45) is 0 Å². The SMILES string of the molecule is CNC(=O)c1ccn(-c2cc([N+](=O)[O-])ccc2C(=O)O)n1. The van der Waals surface area contributed by atoms with Crippen molar-refractivity contribution in [2.75, 3.05) is 7.05 Å². The number of carbonyl (C=O) groups excluding carboxylic acids is 1. The van der Waals surface area contributed by atoms with Crippen molar-refractivity contribution < 1.29 is 19.6 Å². The molecule has 21 heavy (non-hydrogen) atoms. The number of carboxylic acid groups (broad SMARTS) is 1. The Hall–Kier alpha value is -3.23. The van der Waals surface area contributed by atoms with E-state index in [1.54, 1.807) is 0 Å². The van der Waals surface area contributed by atoms with Gasteiger partial charge in [-0.3, -0.25) is 14.9 Å². The van der Waals surface area contributed by atoms with Crippen molar-refractivity contribution in [3.8, 4) is 5.69 Å². The van der Waals surface area contributed by atoms with Gasteiger partial charge in [0, 0.05) is 25.4 Å². The van der Waals surface area contributed by atoms with E-state index in [-0.39, 0.29) is 22.6 Å². The zero-order valence-corrected chi connectivity index (χ0v) is 10.8. The quantitative estimate of drug-likeness (QED) is 0.634. The summed E-state index contributed by atoms with van der Waals surface area (Å²) in [6.07, 6.45) is 1.36. The highest BCUT2D eigenvalue weighted by molar-refractivity contribution is 5.93. The number of aromatic carboxylic acids is 1. The van der Waals surface area contributed by atoms with Crippen molar-refractivity contribution in [1.82, 2.24) is 15.1 Å². The largest absolute Gasteiger partial charge is 0.478 e. The van der Waals surface area contributed by atoms with Gasteiger partial charge in [0.25, 0.3) is 11.6 Å². The maximum Gasteiger partial charge on any atom is 0.337 e. The van der Waals surface area contributed by atoms with Crippen LogP contribution in [0.5, 0.6) is 0 Å². The van der Waals surface area contributed by atoms with Gasteiger partial charge in [-0.05, 0) is 12.1 Å². The van der Waals surface area contributed by atoms with E-state index >= 15 is 0 Å². The first-order valence-electron chi connectivity index (χ1n) is 5.74. The number of nitro benzene ring substituents is 1. The van der Waals surface area contributed by atoms with Crippen LogP contribution in [-0.4, -0.2) is 38.7 Å². The maximum atomic E-state index is 11.4. The monoisotopic (exact) mass is 290 g/mol. The van der Waals surface area contributed by atoms with Crippen molar-refractivity contribution in [2.45, 2.75) is 0 Å². The molecule has 0 aliphatic rings. The van der Waals surface area contributed by atoms with Gasteiger partial charge in [-0.1, -0.05) is 0 Å². The number of amides is 1. The molecule has 1 aromatic carbocycles. The van der Waals surface area contributed by atoms with Gasteiger partial charge < -0.3 is 10.4 Å². The minimum atomic E-state index is -1.25. The third-order valence-corrected chi connectivity index (χ3v) is 2.72. The van der Waals surface area contributed by atoms with Crippen LogP contribution in [0, 0.1) is 10.1 Å². The molecule has 2 rings (SSSR count). The second-order valence-corrected chi connectivity index (χ2v) is 3.99. The number of hydrogen-bond acceptors (Lipinski definition) is 5. The first-order chi connectivity index (χ1) is 9.93. The number of carboxylic acids is 1. The summed E-state index contributed by atoms with van der Waals surface area (Å²) >= 11 is 0. The predicted octanol–water partition coefficient (Wildman–Crippen LogP) is 0.838. The summed E-state index contributed by atoms with van der Waals surface area (Å²) in [7, 11) is 1.43. The second-order valence-electron chi connectivity index (χ2n) is 3.99. The van der Waals surface area contributed by atoms with Crippen molar-refractivity contribution >= 4 is 17.6 Å². The van der Waals surface area contributed by atoms with Crippen molar-refractivity contribution in [3.63, 3.8) is 0 Å². The van der Waals surface area contributed by atoms with E-state index in [9.17, 15) is 19.7 Å². The van der Waals surface area contributed by atoms with E-state index in [4.69, 9.17) is 5.11 Å². The number of hydrogen-bond donors (Lipinski definition) is 2. The number of benzene rings is 1. The van der Waals surface area contributed by atoms with E-state index < -0.39 is 16.8 Å². The Morgan fingerprint density at radius 1 is 1.38 bits per heavy atom. The molecule has 0 unspecified atom stereocenters. The first-order valence-corrected chi connectivity index (χ1v) is 5.74. The van der Waals surface area contributed by atoms with Crippen LogP contribution in [0.15, 0.2) is 30.5 Å². The predicted molar refractivity (Wildman–Crippen MR) is 70.6 cm³/mol. The molecule has 0 aliphatic carbocycles. The van der Waals surface area contributed by atoms with Crippen LogP contribution >= 0.6 is 0 Å². The number of rotatable bonds is 4. The lowest BCUT2D eigenvalue weighted by Gasteiger charge is -2.06. The Bertz CT molecular complexity index is 737. The summed E-state index contributed by atoms with van der Waals surface area (Å²) in [4.78, 5) is 32.8. The molecule has 2 aromatic rings. The van der Waals surface area contributed by atoms with E-state index in [2.05, 4.69) is 10.4 Å². The number of nitrogens with zero attached hydrogens (tertiary/aromatic N) is 3. The van der Waals surface area contributed by atoms with Crippen LogP contribution in [-0.2, 0) is 0 Å². The van der Waals surface area contributed by atoms with Crippen LogP contribution < -0.4 is 5.32 Å². The molecular formula is C12H10N4O5. The molecule has 0 saturated carbocycles. The Balaban J connectivity index is 2.57. The highest BCUT2D eigenvalue weighted by atomic mass is 16.6. The zero-order chi connectivity index (χ0) is 15.6. The summed E-state index contributed by atoms with van der Waals surface area (Å²) in [6.45, 7) is 0. The normalized spacial score (nSPS) is 10.1. The van der Waals surface area contributed by atoms with Crippen LogP contribution in [0.25, 0.3) is 5.69 Å². The molecule has 1 aromatic heterocycles. The van der Waals surface area contributed by atoms with Crippen LogP contribution in [0.1, 0.15) is 20.8 Å². The second kappa shape index (κ2) is 5.41. The summed E-state index contributed by atoms with van der Waals surface area (Å²) < 4.78 is 1.11. The lowest BCUT2D eigenvalue weighted by atomic mass is 10.1. The van der Waals surface area contributed by atoms with Gasteiger partial charge in [-0.2, -0.15) is 5.10 Å². The van der Waals surface area contributed by atoms with Crippen LogP contribution in [0.3, 0.4) is 0 Å². The average Bonchev–Trinajstić information content (AvgIpc) is 2.95. The minimum absolute atomic E-state index is 0.00635. The Kier molecular flexibility index (Phi) is 3.65. The summed E-state index contributed by atoms with van der Waals surface area (Å²) in [5, 5.41) is 26.2. The summed E-state index contributed by atoms with van der Waals surface area (Å²) in [5.74, 6) is -1.70. The van der Waals surface area contributed by atoms with Crippen molar-refractivity contribution in [3.05, 3.63) is 51.8 Å². The lowest BCUT2D eigenvalue weighted by molar-refractivity contribution is -0.384. The number of nitro groups is 1. The third kappa shape index (κ3) is 2.71. The van der Waals surface area contributed by atoms with Gasteiger partial charge in [0.2, 0.25) is 0 Å². The number of non-ortho nitro benzene ring substituents is 1. The van der Waals surface area contributed by atoms with Gasteiger partial charge in [0.15, 0.2) is 5.69 Å². The maximum absolute atomic E-state index is 11.4. The van der Waals surface area contributed by atoms with Gasteiger partial charge in [0.05, 0.1) is 16.2 Å². The first kappa shape index (κ1) is 14.2. The smallest absolute Gasteiger partial charge is 0.337 e. The molecule has 0 radical (unpaired) electrons. The topological polar surface area (TPSA) is 127 Å². The highest BCUT2D eigenvalue weighted by Gasteiger charge is 2.18. The van der Waals surface area contributed by atoms with Crippen LogP contribution in [0.4, 0.5) is 5.69 Å².